The molecule has 0 saturated carbocycles. The summed E-state index contributed by atoms with van der Waals surface area (Å²) in [5.74, 6) is -0.526. The van der Waals surface area contributed by atoms with Gasteiger partial charge in [-0.25, -0.2) is 0 Å². The number of anilines is 1. The van der Waals surface area contributed by atoms with Crippen molar-refractivity contribution in [2.45, 2.75) is 9.96 Å². The quantitative estimate of drug-likeness (QED) is 0.340. The number of alkyl halides is 3. The van der Waals surface area contributed by atoms with Gasteiger partial charge in [0.15, 0.2) is 10.9 Å². The fourth-order valence-electron chi connectivity index (χ4n) is 1.69. The zero-order valence-corrected chi connectivity index (χ0v) is 16.8. The van der Waals surface area contributed by atoms with Crippen molar-refractivity contribution in [1.29, 1.82) is 0 Å². The summed E-state index contributed by atoms with van der Waals surface area (Å²) in [5, 5.41) is 8.90. The van der Waals surface area contributed by atoms with Crippen LogP contribution in [0.3, 0.4) is 0 Å². The van der Waals surface area contributed by atoms with E-state index in [4.69, 9.17) is 74.6 Å². The van der Waals surface area contributed by atoms with E-state index in [2.05, 4.69) is 16.0 Å². The summed E-state index contributed by atoms with van der Waals surface area (Å²) in [7, 11) is 0. The van der Waals surface area contributed by atoms with E-state index >= 15 is 0 Å². The summed E-state index contributed by atoms with van der Waals surface area (Å²) in [4.78, 5) is 12.1. The van der Waals surface area contributed by atoms with Crippen LogP contribution in [-0.2, 0) is 0 Å². The Morgan fingerprint density at radius 1 is 1.16 bits per heavy atom. The van der Waals surface area contributed by atoms with E-state index in [0.717, 1.165) is 0 Å². The van der Waals surface area contributed by atoms with Crippen LogP contribution in [0.5, 0.6) is 0 Å². The van der Waals surface area contributed by atoms with E-state index in [1.165, 1.54) is 12.3 Å². The van der Waals surface area contributed by atoms with Crippen LogP contribution in [0.1, 0.15) is 10.6 Å². The van der Waals surface area contributed by atoms with Gasteiger partial charge in [-0.15, -0.1) is 0 Å². The Morgan fingerprint density at radius 2 is 1.88 bits per heavy atom. The van der Waals surface area contributed by atoms with E-state index < -0.39 is 15.9 Å². The summed E-state index contributed by atoms with van der Waals surface area (Å²) in [5.41, 5.74) is 0.490. The molecule has 11 heteroatoms. The minimum absolute atomic E-state index is 0.0562. The zero-order chi connectivity index (χ0) is 18.6. The molecule has 1 aromatic carbocycles. The van der Waals surface area contributed by atoms with Gasteiger partial charge in [0.05, 0.1) is 17.0 Å². The topological polar surface area (TPSA) is 66.3 Å². The van der Waals surface area contributed by atoms with Gasteiger partial charge in [-0.3, -0.25) is 4.79 Å². The zero-order valence-electron chi connectivity index (χ0n) is 12.2. The van der Waals surface area contributed by atoms with Gasteiger partial charge in [0.25, 0.3) is 5.91 Å². The number of carbonyl (C=O) groups is 1. The second kappa shape index (κ2) is 8.66. The lowest BCUT2D eigenvalue weighted by molar-refractivity contribution is 0.0906. The Morgan fingerprint density at radius 3 is 2.44 bits per heavy atom. The van der Waals surface area contributed by atoms with Gasteiger partial charge in [0.2, 0.25) is 3.79 Å². The van der Waals surface area contributed by atoms with Crippen molar-refractivity contribution in [2.75, 3.05) is 5.32 Å². The number of amides is 1. The van der Waals surface area contributed by atoms with Crippen LogP contribution in [0.25, 0.3) is 0 Å². The van der Waals surface area contributed by atoms with Crippen LogP contribution in [0.2, 0.25) is 10.0 Å². The number of rotatable bonds is 4. The van der Waals surface area contributed by atoms with Crippen molar-refractivity contribution in [1.82, 2.24) is 10.6 Å². The van der Waals surface area contributed by atoms with Crippen molar-refractivity contribution in [2.24, 2.45) is 0 Å². The Hall–Kier alpha value is -0.890. The lowest BCUT2D eigenvalue weighted by Crippen LogP contribution is -2.56. The maximum atomic E-state index is 12.1. The lowest BCUT2D eigenvalue weighted by Gasteiger charge is -2.27. The SMILES string of the molecule is O=C(N[C@@H](NC(=S)Nc1ccc(Cl)cc1Cl)C(Cl)(Cl)Cl)c1ccco1. The molecule has 0 saturated heterocycles. The average molecular weight is 462 g/mol. The summed E-state index contributed by atoms with van der Waals surface area (Å²) in [6, 6.07) is 7.82. The molecule has 25 heavy (non-hydrogen) atoms. The molecule has 1 aromatic heterocycles. The highest BCUT2D eigenvalue weighted by Crippen LogP contribution is 2.30. The molecule has 0 spiro atoms. The molecule has 0 aliphatic carbocycles. The molecule has 1 atom stereocenters. The summed E-state index contributed by atoms with van der Waals surface area (Å²) in [6.45, 7) is 0. The molecule has 134 valence electrons. The number of carbonyl (C=O) groups excluding carboxylic acids is 1. The van der Waals surface area contributed by atoms with Crippen LogP contribution in [0.15, 0.2) is 41.0 Å². The first-order valence-electron chi connectivity index (χ1n) is 6.60. The first kappa shape index (κ1) is 20.4. The third kappa shape index (κ3) is 6.09. The number of thiocarbonyl (C=S) groups is 1. The second-order valence-corrected chi connectivity index (χ2v) is 8.27. The summed E-state index contributed by atoms with van der Waals surface area (Å²) in [6.07, 6.45) is 0.211. The molecule has 5 nitrogen and oxygen atoms in total. The fraction of sp³-hybridized carbons (Fsp3) is 0.143. The minimum Gasteiger partial charge on any atom is -0.459 e. The Balaban J connectivity index is 2.06. The highest BCUT2D eigenvalue weighted by Gasteiger charge is 2.35. The van der Waals surface area contributed by atoms with Gasteiger partial charge < -0.3 is 20.4 Å². The molecular formula is C14H10Cl5N3O2S. The van der Waals surface area contributed by atoms with Crippen molar-refractivity contribution >= 4 is 86.9 Å². The van der Waals surface area contributed by atoms with Gasteiger partial charge in [-0.05, 0) is 42.5 Å². The predicted molar refractivity (Wildman–Crippen MR) is 106 cm³/mol. The van der Waals surface area contributed by atoms with Gasteiger partial charge in [0, 0.05) is 5.02 Å². The molecular weight excluding hydrogens is 452 g/mol. The van der Waals surface area contributed by atoms with Gasteiger partial charge in [-0.2, -0.15) is 0 Å². The molecule has 0 aliphatic rings. The molecule has 2 rings (SSSR count). The smallest absolute Gasteiger partial charge is 0.288 e. The maximum absolute atomic E-state index is 12.1. The number of hydrogen-bond donors (Lipinski definition) is 3. The molecule has 0 bridgehead atoms. The van der Waals surface area contributed by atoms with Crippen molar-refractivity contribution in [3.8, 4) is 0 Å². The summed E-state index contributed by atoms with van der Waals surface area (Å²) >= 11 is 34.7. The van der Waals surface area contributed by atoms with Crippen molar-refractivity contribution < 1.29 is 9.21 Å². The number of benzene rings is 1. The monoisotopic (exact) mass is 459 g/mol. The standard InChI is InChI=1S/C14H10Cl5N3O2S/c15-7-3-4-9(8(16)6-7)20-13(25)22-12(14(17,18)19)21-11(23)10-2-1-5-24-10/h1-6,12H,(H,21,23)(H2,20,22,25)/t12-/m0/s1. The van der Waals surface area contributed by atoms with Gasteiger partial charge >= 0.3 is 0 Å². The minimum atomic E-state index is -1.89. The van der Waals surface area contributed by atoms with Gasteiger partial charge in [0.1, 0.15) is 6.17 Å². The van der Waals surface area contributed by atoms with E-state index in [9.17, 15) is 4.79 Å². The molecule has 0 aliphatic heterocycles. The van der Waals surface area contributed by atoms with Crippen LogP contribution < -0.4 is 16.0 Å². The van der Waals surface area contributed by atoms with Crippen LogP contribution in [0, 0.1) is 0 Å². The summed E-state index contributed by atoms with van der Waals surface area (Å²) < 4.78 is 3.10. The highest BCUT2D eigenvalue weighted by atomic mass is 35.6. The Kier molecular flexibility index (Phi) is 7.08. The molecule has 0 unspecified atom stereocenters. The molecule has 0 radical (unpaired) electrons. The van der Waals surface area contributed by atoms with Crippen molar-refractivity contribution in [3.63, 3.8) is 0 Å². The lowest BCUT2D eigenvalue weighted by atomic mass is 10.3. The molecule has 2 aromatic rings. The number of hydrogen-bond acceptors (Lipinski definition) is 3. The van der Waals surface area contributed by atoms with Crippen LogP contribution in [0.4, 0.5) is 5.69 Å². The number of furan rings is 1. The third-order valence-corrected chi connectivity index (χ3v) is 4.22. The number of nitrogens with one attached hydrogen (secondary N) is 3. The van der Waals surface area contributed by atoms with Crippen LogP contribution in [-0.4, -0.2) is 21.0 Å². The molecule has 3 N–H and O–H groups in total. The first-order chi connectivity index (χ1) is 11.7. The third-order valence-electron chi connectivity index (χ3n) is 2.80. The fourth-order valence-corrected chi connectivity index (χ4v) is 2.70. The average Bonchev–Trinajstić information content (AvgIpc) is 3.03. The van der Waals surface area contributed by atoms with Gasteiger partial charge in [-0.1, -0.05) is 58.0 Å². The normalized spacial score (nSPS) is 12.4. The first-order valence-corrected chi connectivity index (χ1v) is 8.90. The molecule has 0 fully saturated rings. The van der Waals surface area contributed by atoms with Crippen molar-refractivity contribution in [3.05, 3.63) is 52.4 Å². The Labute approximate surface area is 173 Å². The maximum Gasteiger partial charge on any atom is 0.288 e. The van der Waals surface area contributed by atoms with E-state index in [1.807, 2.05) is 0 Å². The number of halogens is 5. The van der Waals surface area contributed by atoms with E-state index in [-0.39, 0.29) is 10.9 Å². The Bertz CT molecular complexity index is 764. The van der Waals surface area contributed by atoms with Crippen LogP contribution >= 0.6 is 70.2 Å². The van der Waals surface area contributed by atoms with E-state index in [0.29, 0.717) is 15.7 Å². The molecule has 1 amide bonds. The largest absolute Gasteiger partial charge is 0.459 e. The predicted octanol–water partition coefficient (Wildman–Crippen LogP) is 5.00. The highest BCUT2D eigenvalue weighted by molar-refractivity contribution is 7.80. The molecule has 1 heterocycles. The second-order valence-electron chi connectivity index (χ2n) is 4.65. The van der Waals surface area contributed by atoms with E-state index in [1.54, 1.807) is 24.3 Å².